The van der Waals surface area contributed by atoms with Crippen molar-refractivity contribution >= 4 is 18.2 Å². The van der Waals surface area contributed by atoms with Crippen LogP contribution in [0.1, 0.15) is 24.0 Å². The van der Waals surface area contributed by atoms with Crippen LogP contribution in [0.2, 0.25) is 0 Å². The maximum atomic E-state index is 12.6. The minimum atomic E-state index is -0.359. The number of nitrogens with zero attached hydrogens (tertiary/aromatic N) is 1. The smallest absolute Gasteiger partial charge is 0.197 e. The van der Waals surface area contributed by atoms with E-state index in [0.717, 1.165) is 30.5 Å². The molecule has 0 amide bonds. The van der Waals surface area contributed by atoms with Crippen LogP contribution < -0.4 is 4.74 Å². The van der Waals surface area contributed by atoms with Crippen LogP contribution >= 0.6 is 12.4 Å². The summed E-state index contributed by atoms with van der Waals surface area (Å²) in [5.74, 6) is 1.32. The minimum Gasteiger partial charge on any atom is -0.504 e. The third-order valence-electron chi connectivity index (χ3n) is 6.21. The number of hydrogen-bond acceptors (Lipinski definition) is 5. The van der Waals surface area contributed by atoms with E-state index in [2.05, 4.69) is 11.9 Å². The van der Waals surface area contributed by atoms with Crippen LogP contribution in [0, 0.1) is 5.92 Å². The summed E-state index contributed by atoms with van der Waals surface area (Å²) in [5.41, 5.74) is 1.68. The van der Waals surface area contributed by atoms with Crippen LogP contribution in [0.5, 0.6) is 11.5 Å². The van der Waals surface area contributed by atoms with E-state index in [9.17, 15) is 9.90 Å². The number of fused-ring (bicyclic) bond motifs is 1. The number of Topliss-reactive ketones (excluding diaryl/α,β-unsaturated/α-hetero) is 1. The topological polar surface area (TPSA) is 122 Å². The quantitative estimate of drug-likeness (QED) is 0.784. The van der Waals surface area contributed by atoms with E-state index in [0.29, 0.717) is 24.0 Å². The van der Waals surface area contributed by atoms with Gasteiger partial charge in [-0.15, -0.1) is 12.4 Å². The maximum Gasteiger partial charge on any atom is 0.197 e. The summed E-state index contributed by atoms with van der Waals surface area (Å²) in [6, 6.07) is 4.18. The van der Waals surface area contributed by atoms with Crippen molar-refractivity contribution in [3.8, 4) is 11.5 Å². The number of rotatable bonds is 2. The first kappa shape index (κ1) is 23.2. The van der Waals surface area contributed by atoms with Gasteiger partial charge >= 0.3 is 0 Å². The summed E-state index contributed by atoms with van der Waals surface area (Å²) >= 11 is 0. The highest BCUT2D eigenvalue weighted by atomic mass is 35.5. The summed E-state index contributed by atoms with van der Waals surface area (Å²) in [7, 11) is 5.25. The molecule has 0 saturated carbocycles. The largest absolute Gasteiger partial charge is 0.504 e. The van der Waals surface area contributed by atoms with Crippen LogP contribution in [-0.2, 0) is 21.4 Å². The Labute approximate surface area is 165 Å². The van der Waals surface area contributed by atoms with Gasteiger partial charge in [0.1, 0.15) is 0 Å². The summed E-state index contributed by atoms with van der Waals surface area (Å²) < 4.78 is 10.6. The molecule has 2 aliphatic carbocycles. The fourth-order valence-corrected chi connectivity index (χ4v) is 5.03. The van der Waals surface area contributed by atoms with Crippen LogP contribution in [-0.4, -0.2) is 60.6 Å². The number of likely N-dealkylation sites (N-methyl/N-ethyl adjacent to an activating group) is 1. The molecule has 7 nitrogen and oxygen atoms in total. The third kappa shape index (κ3) is 3.08. The Hall–Kier alpha value is -1.80. The highest BCUT2D eigenvalue weighted by molar-refractivity contribution is 5.96. The second kappa shape index (κ2) is 8.06. The number of phenolic OH excluding ortho intramolecular Hbond substituents is 1. The molecule has 0 aromatic heterocycles. The second-order valence-corrected chi connectivity index (χ2v) is 7.17. The van der Waals surface area contributed by atoms with E-state index in [-0.39, 0.29) is 46.2 Å². The number of ether oxygens (including phenoxy) is 2. The van der Waals surface area contributed by atoms with Crippen molar-refractivity contribution in [2.75, 3.05) is 27.8 Å². The van der Waals surface area contributed by atoms with Crippen LogP contribution in [0.4, 0.5) is 0 Å². The molecule has 152 valence electrons. The van der Waals surface area contributed by atoms with Crippen LogP contribution in [0.3, 0.4) is 0 Å². The number of methoxy groups -OCH3 is 2. The molecule has 1 aromatic carbocycles. The van der Waals surface area contributed by atoms with Crippen LogP contribution in [0.25, 0.3) is 0 Å². The fourth-order valence-electron chi connectivity index (χ4n) is 5.03. The van der Waals surface area contributed by atoms with Gasteiger partial charge in [-0.05, 0) is 44.1 Å². The van der Waals surface area contributed by atoms with E-state index < -0.39 is 0 Å². The first-order chi connectivity index (χ1) is 11.5. The lowest BCUT2D eigenvalue weighted by Crippen LogP contribution is -2.60. The molecule has 3 aliphatic rings. The number of allylic oxidation sites excluding steroid dienone is 1. The number of phenols is 1. The highest BCUT2D eigenvalue weighted by Crippen LogP contribution is 2.57. The molecule has 0 spiro atoms. The van der Waals surface area contributed by atoms with E-state index in [4.69, 9.17) is 9.47 Å². The second-order valence-electron chi connectivity index (χ2n) is 7.17. The van der Waals surface area contributed by atoms with Gasteiger partial charge in [-0.2, -0.15) is 0 Å². The zero-order valence-corrected chi connectivity index (χ0v) is 16.6. The van der Waals surface area contributed by atoms with Crippen molar-refractivity contribution in [2.24, 2.45) is 5.92 Å². The molecule has 1 saturated heterocycles. The Kier molecular flexibility index (Phi) is 6.94. The normalized spacial score (nSPS) is 28.3. The fraction of sp³-hybridized carbons (Fsp3) is 0.526. The molecule has 4 rings (SSSR count). The molecule has 0 radical (unpaired) electrons. The Balaban J connectivity index is 0.00000121. The van der Waals surface area contributed by atoms with Crippen molar-refractivity contribution in [3.63, 3.8) is 0 Å². The SMILES string of the molecule is COC1=CC2C3Cc4ccc(OC)c(O)c4C2(CCN3C)CC1=O.Cl.O.O. The van der Waals surface area contributed by atoms with E-state index in [1.54, 1.807) is 14.2 Å². The number of ketones is 1. The molecule has 1 aromatic rings. The number of carbonyl (C=O) groups is 1. The lowest BCUT2D eigenvalue weighted by molar-refractivity contribution is -0.122. The molecule has 3 atom stereocenters. The van der Waals surface area contributed by atoms with Gasteiger partial charge in [0.2, 0.25) is 0 Å². The molecule has 3 unspecified atom stereocenters. The van der Waals surface area contributed by atoms with Gasteiger partial charge in [0.05, 0.1) is 14.2 Å². The van der Waals surface area contributed by atoms with Crippen molar-refractivity contribution in [1.29, 1.82) is 0 Å². The summed E-state index contributed by atoms with van der Waals surface area (Å²) in [5, 5.41) is 10.9. The maximum absolute atomic E-state index is 12.6. The zero-order valence-electron chi connectivity index (χ0n) is 15.7. The summed E-state index contributed by atoms with van der Waals surface area (Å²) in [4.78, 5) is 15.0. The van der Waals surface area contributed by atoms with E-state index in [1.807, 2.05) is 18.2 Å². The first-order valence-corrected chi connectivity index (χ1v) is 8.40. The average Bonchev–Trinajstić information content (AvgIpc) is 2.57. The van der Waals surface area contributed by atoms with Gasteiger partial charge in [-0.25, -0.2) is 0 Å². The Morgan fingerprint density at radius 1 is 1.22 bits per heavy atom. The standard InChI is InChI=1S/C19H23NO4.ClH.2H2O/c1-20-7-6-19-10-14(21)16(24-3)9-12(19)13(20)8-11-4-5-15(23-2)18(22)17(11)19;;;/h4-5,9,12-13,22H,6-8,10H2,1-3H3;1H;2*1H2. The van der Waals surface area contributed by atoms with Gasteiger partial charge < -0.3 is 30.4 Å². The number of halogens is 1. The number of benzene rings is 1. The molecule has 1 aliphatic heterocycles. The number of hydrogen-bond donors (Lipinski definition) is 1. The van der Waals surface area contributed by atoms with Gasteiger partial charge in [-0.3, -0.25) is 4.79 Å². The monoisotopic (exact) mass is 401 g/mol. The Morgan fingerprint density at radius 2 is 1.93 bits per heavy atom. The zero-order chi connectivity index (χ0) is 17.1. The van der Waals surface area contributed by atoms with Gasteiger partial charge in [0, 0.05) is 29.4 Å². The average molecular weight is 402 g/mol. The lowest BCUT2D eigenvalue weighted by Gasteiger charge is -2.56. The van der Waals surface area contributed by atoms with Gasteiger partial charge in [0.25, 0.3) is 0 Å². The molecule has 2 bridgehead atoms. The molecule has 27 heavy (non-hydrogen) atoms. The predicted octanol–water partition coefficient (Wildman–Crippen LogP) is 0.790. The van der Waals surface area contributed by atoms with Crippen molar-refractivity contribution < 1.29 is 30.3 Å². The number of carbonyl (C=O) groups excluding carboxylic acids is 1. The lowest BCUT2D eigenvalue weighted by atomic mass is 9.53. The van der Waals surface area contributed by atoms with Crippen LogP contribution in [0.15, 0.2) is 24.0 Å². The van der Waals surface area contributed by atoms with Crippen molar-refractivity contribution in [2.45, 2.75) is 30.7 Å². The predicted molar refractivity (Wildman–Crippen MR) is 104 cm³/mol. The first-order valence-electron chi connectivity index (χ1n) is 8.40. The van der Waals surface area contributed by atoms with Crippen molar-refractivity contribution in [1.82, 2.24) is 4.90 Å². The molecule has 1 fully saturated rings. The molecular formula is C19H28ClNO6. The third-order valence-corrected chi connectivity index (χ3v) is 6.21. The summed E-state index contributed by atoms with van der Waals surface area (Å²) in [6.07, 6.45) is 4.08. The number of likely N-dealkylation sites (tertiary alicyclic amines) is 1. The molecular weight excluding hydrogens is 374 g/mol. The molecule has 5 N–H and O–H groups in total. The number of aromatic hydroxyl groups is 1. The summed E-state index contributed by atoms with van der Waals surface area (Å²) in [6.45, 7) is 0.917. The van der Waals surface area contributed by atoms with E-state index >= 15 is 0 Å². The number of piperidine rings is 1. The minimum absolute atomic E-state index is 0. The molecule has 1 heterocycles. The Bertz CT molecular complexity index is 752. The Morgan fingerprint density at radius 3 is 2.56 bits per heavy atom. The highest BCUT2D eigenvalue weighted by Gasteiger charge is 2.56. The van der Waals surface area contributed by atoms with Gasteiger partial charge in [0.15, 0.2) is 23.0 Å². The molecule has 8 heteroatoms. The van der Waals surface area contributed by atoms with Gasteiger partial charge in [-0.1, -0.05) is 6.07 Å². The van der Waals surface area contributed by atoms with Crippen molar-refractivity contribution in [3.05, 3.63) is 35.1 Å². The van der Waals surface area contributed by atoms with E-state index in [1.165, 1.54) is 0 Å².